The third-order valence-electron chi connectivity index (χ3n) is 6.10. The van der Waals surface area contributed by atoms with Crippen LogP contribution in [0.15, 0.2) is 54.6 Å². The van der Waals surface area contributed by atoms with Gasteiger partial charge in [-0.3, -0.25) is 0 Å². The van der Waals surface area contributed by atoms with Gasteiger partial charge in [0.2, 0.25) is 0 Å². The van der Waals surface area contributed by atoms with Gasteiger partial charge >= 0.3 is 0 Å². The molecule has 0 aliphatic rings. The zero-order valence-corrected chi connectivity index (χ0v) is 17.7. The van der Waals surface area contributed by atoms with Crippen LogP contribution in [0.3, 0.4) is 0 Å². The van der Waals surface area contributed by atoms with E-state index in [4.69, 9.17) is 0 Å². The van der Waals surface area contributed by atoms with Crippen LogP contribution in [-0.4, -0.2) is 24.5 Å². The first kappa shape index (κ1) is 22.1. The fraction of sp³-hybridized carbons (Fsp3) is 0.480. The van der Waals surface area contributed by atoms with Crippen LogP contribution in [0.5, 0.6) is 0 Å². The number of hydrogen-bond acceptors (Lipinski definition) is 2. The summed E-state index contributed by atoms with van der Waals surface area (Å²) in [6.45, 7) is 7.21. The van der Waals surface area contributed by atoms with Crippen molar-refractivity contribution in [3.8, 4) is 6.07 Å². The smallest absolute Gasteiger partial charge is 0.128 e. The lowest BCUT2D eigenvalue weighted by Crippen LogP contribution is -2.37. The quantitative estimate of drug-likeness (QED) is 0.507. The highest BCUT2D eigenvalue weighted by Gasteiger charge is 2.38. The molecule has 28 heavy (non-hydrogen) atoms. The summed E-state index contributed by atoms with van der Waals surface area (Å²) in [5.41, 5.74) is 1.08. The molecule has 0 aliphatic heterocycles. The second-order valence-electron chi connectivity index (χ2n) is 8.03. The topological polar surface area (TPSA) is 27.0 Å². The molecule has 2 atom stereocenters. The summed E-state index contributed by atoms with van der Waals surface area (Å²) in [5.74, 6) is -0.232. The van der Waals surface area contributed by atoms with E-state index in [-0.39, 0.29) is 11.7 Å². The number of nitrogens with zero attached hydrogens (tertiary/aromatic N) is 2. The van der Waals surface area contributed by atoms with Crippen molar-refractivity contribution in [1.82, 2.24) is 4.90 Å². The molecule has 2 aromatic carbocycles. The van der Waals surface area contributed by atoms with Crippen LogP contribution in [0.1, 0.15) is 51.2 Å². The van der Waals surface area contributed by atoms with Crippen LogP contribution in [0.4, 0.5) is 4.39 Å². The first-order valence-corrected chi connectivity index (χ1v) is 10.3. The van der Waals surface area contributed by atoms with E-state index in [9.17, 15) is 9.65 Å². The van der Waals surface area contributed by atoms with Crippen molar-refractivity contribution >= 4 is 0 Å². The van der Waals surface area contributed by atoms with Gasteiger partial charge in [0.25, 0.3) is 0 Å². The highest BCUT2D eigenvalue weighted by atomic mass is 19.1. The molecule has 0 saturated carbocycles. The molecule has 0 saturated heterocycles. The van der Waals surface area contributed by atoms with E-state index in [1.807, 2.05) is 26.0 Å². The molecule has 0 amide bonds. The average Bonchev–Trinajstić information content (AvgIpc) is 2.71. The van der Waals surface area contributed by atoms with Crippen molar-refractivity contribution in [3.63, 3.8) is 0 Å². The molecule has 2 aromatic rings. The fourth-order valence-corrected chi connectivity index (χ4v) is 4.07. The minimum Gasteiger partial charge on any atom is -0.303 e. The van der Waals surface area contributed by atoms with Crippen LogP contribution in [0.2, 0.25) is 0 Å². The largest absolute Gasteiger partial charge is 0.303 e. The van der Waals surface area contributed by atoms with Gasteiger partial charge in [0, 0.05) is 18.2 Å². The van der Waals surface area contributed by atoms with Crippen molar-refractivity contribution < 1.29 is 4.39 Å². The number of benzene rings is 2. The van der Waals surface area contributed by atoms with E-state index in [0.717, 1.165) is 25.8 Å². The van der Waals surface area contributed by atoms with Crippen LogP contribution >= 0.6 is 0 Å². The van der Waals surface area contributed by atoms with Gasteiger partial charge in [0.15, 0.2) is 0 Å². The van der Waals surface area contributed by atoms with Crippen molar-refractivity contribution in [2.75, 3.05) is 13.6 Å². The van der Waals surface area contributed by atoms with Gasteiger partial charge < -0.3 is 4.90 Å². The molecule has 3 heteroatoms. The molecular formula is C25H33FN2. The molecule has 0 radical (unpaired) electrons. The van der Waals surface area contributed by atoms with Crippen LogP contribution in [0.25, 0.3) is 0 Å². The minimum absolute atomic E-state index is 0.0431. The van der Waals surface area contributed by atoms with Crippen LogP contribution < -0.4 is 0 Å². The van der Waals surface area contributed by atoms with Gasteiger partial charge in [-0.1, -0.05) is 69.3 Å². The summed E-state index contributed by atoms with van der Waals surface area (Å²) in [6, 6.07) is 20.1. The van der Waals surface area contributed by atoms with E-state index in [1.165, 1.54) is 11.6 Å². The highest BCUT2D eigenvalue weighted by molar-refractivity contribution is 5.34. The maximum atomic E-state index is 14.5. The first-order chi connectivity index (χ1) is 13.4. The molecule has 0 bridgehead atoms. The predicted molar refractivity (Wildman–Crippen MR) is 115 cm³/mol. The Balaban J connectivity index is 2.10. The Morgan fingerprint density at radius 3 is 2.29 bits per heavy atom. The SMILES string of the molecule is CCC(CCC(C#N)(c1ccccc1F)C(C)C)N(C)CCc1ccccc1. The first-order valence-electron chi connectivity index (χ1n) is 10.3. The second kappa shape index (κ2) is 10.4. The fourth-order valence-electron chi connectivity index (χ4n) is 4.07. The van der Waals surface area contributed by atoms with Gasteiger partial charge in [-0.05, 0) is 50.3 Å². The van der Waals surface area contributed by atoms with Gasteiger partial charge in [0.05, 0.1) is 11.5 Å². The number of likely N-dealkylation sites (N-methyl/N-ethyl adjacent to an activating group) is 1. The maximum absolute atomic E-state index is 14.5. The minimum atomic E-state index is -0.793. The lowest BCUT2D eigenvalue weighted by molar-refractivity contribution is 0.205. The Hall–Kier alpha value is -2.18. The monoisotopic (exact) mass is 380 g/mol. The molecule has 0 N–H and O–H groups in total. The van der Waals surface area contributed by atoms with Gasteiger partial charge in [-0.25, -0.2) is 4.39 Å². The summed E-state index contributed by atoms with van der Waals surface area (Å²) in [4.78, 5) is 2.39. The number of nitriles is 1. The van der Waals surface area contributed by atoms with E-state index >= 15 is 0 Å². The average molecular weight is 381 g/mol. The van der Waals surface area contributed by atoms with Crippen LogP contribution in [0, 0.1) is 23.1 Å². The zero-order chi connectivity index (χ0) is 20.6. The van der Waals surface area contributed by atoms with Crippen molar-refractivity contribution in [2.24, 2.45) is 5.92 Å². The summed E-state index contributed by atoms with van der Waals surface area (Å²) >= 11 is 0. The zero-order valence-electron chi connectivity index (χ0n) is 17.7. The molecule has 0 aliphatic carbocycles. The van der Waals surface area contributed by atoms with Gasteiger partial charge in [0.1, 0.15) is 5.82 Å². The van der Waals surface area contributed by atoms with Crippen LogP contribution in [-0.2, 0) is 11.8 Å². The van der Waals surface area contributed by atoms with E-state index in [1.54, 1.807) is 12.1 Å². The van der Waals surface area contributed by atoms with Crippen molar-refractivity contribution in [2.45, 2.75) is 57.9 Å². The molecule has 0 fully saturated rings. The Bertz CT molecular complexity index is 766. The number of hydrogen-bond donors (Lipinski definition) is 0. The summed E-state index contributed by atoms with van der Waals surface area (Å²) in [5, 5.41) is 10.1. The Labute approximate surface area is 170 Å². The lowest BCUT2D eigenvalue weighted by Gasteiger charge is -2.35. The van der Waals surface area contributed by atoms with Gasteiger partial charge in [-0.15, -0.1) is 0 Å². The third kappa shape index (κ3) is 5.20. The highest BCUT2D eigenvalue weighted by Crippen LogP contribution is 2.38. The van der Waals surface area contributed by atoms with E-state index in [0.29, 0.717) is 18.0 Å². The normalized spacial score (nSPS) is 14.6. The van der Waals surface area contributed by atoms with Crippen molar-refractivity contribution in [1.29, 1.82) is 5.26 Å². The molecule has 0 spiro atoms. The predicted octanol–water partition coefficient (Wildman–Crippen LogP) is 5.98. The molecule has 0 heterocycles. The molecular weight excluding hydrogens is 347 g/mol. The van der Waals surface area contributed by atoms with Crippen molar-refractivity contribution in [3.05, 3.63) is 71.5 Å². The summed E-state index contributed by atoms with van der Waals surface area (Å²) in [7, 11) is 2.16. The molecule has 0 aromatic heterocycles. The molecule has 2 unspecified atom stereocenters. The molecule has 2 rings (SSSR count). The lowest BCUT2D eigenvalue weighted by atomic mass is 9.69. The molecule has 2 nitrogen and oxygen atoms in total. The standard InChI is InChI=1S/C25H33FN2/c1-5-22(28(4)18-16-21-11-7-6-8-12-21)15-17-25(19-27,20(2)3)23-13-9-10-14-24(23)26/h6-14,20,22H,5,15-18H2,1-4H3. The van der Waals surface area contributed by atoms with E-state index < -0.39 is 5.41 Å². The van der Waals surface area contributed by atoms with Gasteiger partial charge in [-0.2, -0.15) is 5.26 Å². The number of rotatable bonds is 10. The summed E-state index contributed by atoms with van der Waals surface area (Å²) in [6.07, 6.45) is 3.56. The Kier molecular flexibility index (Phi) is 8.20. The Morgan fingerprint density at radius 1 is 1.07 bits per heavy atom. The summed E-state index contributed by atoms with van der Waals surface area (Å²) < 4.78 is 14.5. The van der Waals surface area contributed by atoms with E-state index in [2.05, 4.69) is 49.2 Å². The maximum Gasteiger partial charge on any atom is 0.128 e. The number of halogens is 1. The second-order valence-corrected chi connectivity index (χ2v) is 8.03. The third-order valence-corrected chi connectivity index (χ3v) is 6.10. The molecule has 150 valence electrons. The Morgan fingerprint density at radius 2 is 1.71 bits per heavy atom.